The van der Waals surface area contributed by atoms with Crippen LogP contribution in [0.25, 0.3) is 0 Å². The average Bonchev–Trinajstić information content (AvgIpc) is 2.10. The van der Waals surface area contributed by atoms with Crippen molar-refractivity contribution in [2.45, 2.75) is 39.3 Å². The van der Waals surface area contributed by atoms with Gasteiger partial charge in [-0.1, -0.05) is 0 Å². The van der Waals surface area contributed by atoms with E-state index in [9.17, 15) is 9.90 Å². The predicted octanol–water partition coefficient (Wildman–Crippen LogP) is 0.900. The number of anilines is 1. The average molecular weight is 210 g/mol. The number of aromatic nitrogens is 1. The molecule has 1 heterocycles. The first-order valence-corrected chi connectivity index (χ1v) is 4.99. The van der Waals surface area contributed by atoms with E-state index >= 15 is 0 Å². The first kappa shape index (κ1) is 11.8. The lowest BCUT2D eigenvalue weighted by Crippen LogP contribution is -2.28. The van der Waals surface area contributed by atoms with Gasteiger partial charge in [0.25, 0.3) is 5.56 Å². The molecule has 0 saturated carbocycles. The van der Waals surface area contributed by atoms with E-state index in [2.05, 4.69) is 0 Å². The van der Waals surface area contributed by atoms with Crippen LogP contribution in [0.15, 0.2) is 16.9 Å². The molecule has 0 spiro atoms. The van der Waals surface area contributed by atoms with Crippen LogP contribution in [-0.4, -0.2) is 15.3 Å². The second kappa shape index (κ2) is 4.06. The minimum atomic E-state index is -0.767. The van der Waals surface area contributed by atoms with Gasteiger partial charge in [-0.2, -0.15) is 0 Å². The molecule has 3 N–H and O–H groups in total. The Bertz CT molecular complexity index is 402. The van der Waals surface area contributed by atoms with Gasteiger partial charge in [-0.25, -0.2) is 0 Å². The van der Waals surface area contributed by atoms with Gasteiger partial charge in [-0.15, -0.1) is 0 Å². The fraction of sp³-hybridized carbons (Fsp3) is 0.545. The van der Waals surface area contributed by atoms with Crippen LogP contribution in [0.4, 0.5) is 5.69 Å². The van der Waals surface area contributed by atoms with E-state index in [1.165, 1.54) is 6.07 Å². The largest absolute Gasteiger partial charge is 0.397 e. The molecule has 0 aromatic carbocycles. The molecule has 4 nitrogen and oxygen atoms in total. The van der Waals surface area contributed by atoms with Crippen LogP contribution in [0.5, 0.6) is 0 Å². The van der Waals surface area contributed by atoms with Crippen molar-refractivity contribution in [3.8, 4) is 0 Å². The molecule has 0 bridgehead atoms. The van der Waals surface area contributed by atoms with E-state index in [0.717, 1.165) is 5.69 Å². The number of hydrogen-bond donors (Lipinski definition) is 2. The van der Waals surface area contributed by atoms with Gasteiger partial charge in [0, 0.05) is 18.3 Å². The van der Waals surface area contributed by atoms with Gasteiger partial charge in [0.2, 0.25) is 0 Å². The summed E-state index contributed by atoms with van der Waals surface area (Å²) in [6.45, 7) is 5.74. The first-order chi connectivity index (χ1) is 6.81. The van der Waals surface area contributed by atoms with Gasteiger partial charge in [0.1, 0.15) is 0 Å². The smallest absolute Gasteiger partial charge is 0.250 e. The Kier molecular flexibility index (Phi) is 3.19. The van der Waals surface area contributed by atoms with Crippen molar-refractivity contribution in [2.75, 3.05) is 5.73 Å². The third-order valence-electron chi connectivity index (χ3n) is 2.44. The van der Waals surface area contributed by atoms with Crippen LogP contribution < -0.4 is 11.3 Å². The summed E-state index contributed by atoms with van der Waals surface area (Å²) in [5, 5.41) is 9.58. The van der Waals surface area contributed by atoms with Crippen molar-refractivity contribution >= 4 is 5.69 Å². The van der Waals surface area contributed by atoms with Crippen molar-refractivity contribution in [3.05, 3.63) is 28.2 Å². The standard InChI is InChI=1S/C11H18N2O2/c1-8-9(12)4-5-10(14)13(8)7-6-11(2,3)15/h4-5,15H,6-7,12H2,1-3H3. The minimum Gasteiger partial charge on any atom is -0.397 e. The van der Waals surface area contributed by atoms with Gasteiger partial charge in [-0.05, 0) is 33.3 Å². The second-order valence-corrected chi connectivity index (χ2v) is 4.43. The molecule has 15 heavy (non-hydrogen) atoms. The Labute approximate surface area is 89.3 Å². The van der Waals surface area contributed by atoms with Crippen LogP contribution in [0, 0.1) is 6.92 Å². The molecule has 0 aliphatic rings. The fourth-order valence-electron chi connectivity index (χ4n) is 1.36. The molecule has 1 rings (SSSR count). The Balaban J connectivity index is 2.95. The van der Waals surface area contributed by atoms with Gasteiger partial charge in [0.05, 0.1) is 11.3 Å². The summed E-state index contributed by atoms with van der Waals surface area (Å²) in [5.41, 5.74) is 6.22. The third-order valence-corrected chi connectivity index (χ3v) is 2.44. The number of nitrogens with zero attached hydrogens (tertiary/aromatic N) is 1. The summed E-state index contributed by atoms with van der Waals surface area (Å²) in [6, 6.07) is 3.06. The normalized spacial score (nSPS) is 11.7. The lowest BCUT2D eigenvalue weighted by atomic mass is 10.1. The molecule has 0 unspecified atom stereocenters. The SMILES string of the molecule is Cc1c(N)ccc(=O)n1CCC(C)(C)O. The van der Waals surface area contributed by atoms with Crippen LogP contribution in [0.2, 0.25) is 0 Å². The van der Waals surface area contributed by atoms with E-state index in [-0.39, 0.29) is 5.56 Å². The van der Waals surface area contributed by atoms with Gasteiger partial charge in [-0.3, -0.25) is 4.79 Å². The second-order valence-electron chi connectivity index (χ2n) is 4.43. The number of aliphatic hydroxyl groups is 1. The third kappa shape index (κ3) is 3.09. The van der Waals surface area contributed by atoms with E-state index in [4.69, 9.17) is 5.73 Å². The number of nitrogen functional groups attached to an aromatic ring is 1. The summed E-state index contributed by atoms with van der Waals surface area (Å²) < 4.78 is 1.59. The number of nitrogens with two attached hydrogens (primary N) is 1. The highest BCUT2D eigenvalue weighted by Gasteiger charge is 2.13. The van der Waals surface area contributed by atoms with Crippen LogP contribution in [0.1, 0.15) is 26.0 Å². The highest BCUT2D eigenvalue weighted by atomic mass is 16.3. The van der Waals surface area contributed by atoms with Crippen molar-refractivity contribution in [1.82, 2.24) is 4.57 Å². The predicted molar refractivity (Wildman–Crippen MR) is 60.8 cm³/mol. The summed E-state index contributed by atoms with van der Waals surface area (Å²) in [7, 11) is 0. The molecule has 84 valence electrons. The molecule has 0 fully saturated rings. The van der Waals surface area contributed by atoms with Crippen molar-refractivity contribution < 1.29 is 5.11 Å². The van der Waals surface area contributed by atoms with Crippen molar-refractivity contribution in [1.29, 1.82) is 0 Å². The van der Waals surface area contributed by atoms with Gasteiger partial charge < -0.3 is 15.4 Å². The van der Waals surface area contributed by atoms with E-state index in [1.54, 1.807) is 31.4 Å². The quantitative estimate of drug-likeness (QED) is 0.778. The molecule has 0 aliphatic heterocycles. The molecule has 1 aromatic rings. The Morgan fingerprint density at radius 3 is 2.60 bits per heavy atom. The zero-order valence-electron chi connectivity index (χ0n) is 9.45. The molecule has 0 amide bonds. The van der Waals surface area contributed by atoms with Gasteiger partial charge in [0.15, 0.2) is 0 Å². The number of hydrogen-bond acceptors (Lipinski definition) is 3. The molecular weight excluding hydrogens is 192 g/mol. The molecule has 1 aromatic heterocycles. The number of rotatable bonds is 3. The first-order valence-electron chi connectivity index (χ1n) is 4.99. The van der Waals surface area contributed by atoms with Gasteiger partial charge >= 0.3 is 0 Å². The van der Waals surface area contributed by atoms with E-state index in [1.807, 2.05) is 0 Å². The maximum Gasteiger partial charge on any atom is 0.250 e. The Hall–Kier alpha value is -1.29. The monoisotopic (exact) mass is 210 g/mol. The molecule has 4 heteroatoms. The maximum atomic E-state index is 11.5. The van der Waals surface area contributed by atoms with Crippen LogP contribution in [0.3, 0.4) is 0 Å². The maximum absolute atomic E-state index is 11.5. The summed E-state index contributed by atoms with van der Waals surface area (Å²) in [4.78, 5) is 11.5. The summed E-state index contributed by atoms with van der Waals surface area (Å²) >= 11 is 0. The summed E-state index contributed by atoms with van der Waals surface area (Å²) in [6.07, 6.45) is 0.525. The lowest BCUT2D eigenvalue weighted by molar-refractivity contribution is 0.0658. The molecule has 0 atom stereocenters. The molecule has 0 radical (unpaired) electrons. The van der Waals surface area contributed by atoms with Crippen molar-refractivity contribution in [3.63, 3.8) is 0 Å². The highest BCUT2D eigenvalue weighted by molar-refractivity contribution is 5.41. The summed E-state index contributed by atoms with van der Waals surface area (Å²) in [5.74, 6) is 0. The van der Waals surface area contributed by atoms with Crippen LogP contribution in [-0.2, 0) is 6.54 Å². The highest BCUT2D eigenvalue weighted by Crippen LogP contribution is 2.11. The topological polar surface area (TPSA) is 68.2 Å². The fourth-order valence-corrected chi connectivity index (χ4v) is 1.36. The minimum absolute atomic E-state index is 0.0778. The Morgan fingerprint density at radius 1 is 1.47 bits per heavy atom. The molecular formula is C11H18N2O2. The van der Waals surface area contributed by atoms with Crippen LogP contribution >= 0.6 is 0 Å². The molecule has 0 aliphatic carbocycles. The lowest BCUT2D eigenvalue weighted by Gasteiger charge is -2.19. The molecule has 0 saturated heterocycles. The number of pyridine rings is 1. The van der Waals surface area contributed by atoms with E-state index in [0.29, 0.717) is 18.7 Å². The zero-order chi connectivity index (χ0) is 11.6. The van der Waals surface area contributed by atoms with E-state index < -0.39 is 5.60 Å². The zero-order valence-corrected chi connectivity index (χ0v) is 9.45. The van der Waals surface area contributed by atoms with Crippen molar-refractivity contribution in [2.24, 2.45) is 0 Å². The Morgan fingerprint density at radius 2 is 2.07 bits per heavy atom.